The topological polar surface area (TPSA) is 40.6 Å². The van der Waals surface area contributed by atoms with Gasteiger partial charge in [-0.05, 0) is 56.4 Å². The van der Waals surface area contributed by atoms with Crippen LogP contribution in [-0.2, 0) is 16.0 Å². The molecular formula is C22H32N2O2. The molecule has 1 aromatic rings. The van der Waals surface area contributed by atoms with E-state index in [0.717, 1.165) is 58.2 Å². The van der Waals surface area contributed by atoms with E-state index in [-0.39, 0.29) is 18.2 Å². The molecule has 2 heterocycles. The minimum absolute atomic E-state index is 0.0218. The largest absolute Gasteiger partial charge is 0.342 e. The molecule has 1 aromatic carbocycles. The third kappa shape index (κ3) is 4.87. The molecule has 142 valence electrons. The number of amides is 2. The fourth-order valence-corrected chi connectivity index (χ4v) is 4.43. The fourth-order valence-electron chi connectivity index (χ4n) is 4.43. The number of rotatable bonds is 5. The summed E-state index contributed by atoms with van der Waals surface area (Å²) in [5.74, 6) is 0.699. The molecule has 1 atom stereocenters. The molecule has 0 radical (unpaired) electrons. The van der Waals surface area contributed by atoms with Crippen molar-refractivity contribution in [2.75, 3.05) is 19.6 Å². The highest BCUT2D eigenvalue weighted by molar-refractivity contribution is 5.97. The van der Waals surface area contributed by atoms with Crippen LogP contribution in [0.2, 0.25) is 0 Å². The molecule has 2 aliphatic heterocycles. The number of benzene rings is 1. The lowest BCUT2D eigenvalue weighted by Gasteiger charge is -2.36. The molecule has 0 saturated carbocycles. The van der Waals surface area contributed by atoms with Crippen molar-refractivity contribution in [1.82, 2.24) is 9.80 Å². The molecule has 4 nitrogen and oxygen atoms in total. The van der Waals surface area contributed by atoms with E-state index in [1.165, 1.54) is 12.0 Å². The molecule has 3 rings (SSSR count). The van der Waals surface area contributed by atoms with Crippen LogP contribution in [0.3, 0.4) is 0 Å². The number of likely N-dealkylation sites (tertiary alicyclic amines) is 2. The molecule has 2 saturated heterocycles. The maximum atomic E-state index is 12.6. The molecule has 0 bridgehead atoms. The molecule has 26 heavy (non-hydrogen) atoms. The summed E-state index contributed by atoms with van der Waals surface area (Å²) in [6.45, 7) is 4.54. The molecule has 4 heteroatoms. The number of carbonyl (C=O) groups excluding carboxylic acids is 2. The SMILES string of the molecule is CCC1CCCCN1C(=O)CC(=O)N1CCC(Cc2ccccc2)CC1. The Morgan fingerprint density at radius 3 is 2.38 bits per heavy atom. The molecule has 0 N–H and O–H groups in total. The minimum atomic E-state index is 0.0218. The quantitative estimate of drug-likeness (QED) is 0.756. The van der Waals surface area contributed by atoms with Crippen molar-refractivity contribution < 1.29 is 9.59 Å². The maximum Gasteiger partial charge on any atom is 0.232 e. The second kappa shape index (κ2) is 9.20. The van der Waals surface area contributed by atoms with E-state index in [9.17, 15) is 9.59 Å². The zero-order valence-electron chi connectivity index (χ0n) is 16.0. The molecule has 2 aliphatic rings. The van der Waals surface area contributed by atoms with E-state index in [0.29, 0.717) is 12.0 Å². The summed E-state index contributed by atoms with van der Waals surface area (Å²) in [7, 11) is 0. The lowest BCUT2D eigenvalue weighted by molar-refractivity contribution is -0.143. The number of hydrogen-bond donors (Lipinski definition) is 0. The molecule has 0 spiro atoms. The molecule has 1 unspecified atom stereocenters. The lowest BCUT2D eigenvalue weighted by atomic mass is 9.90. The first-order valence-corrected chi connectivity index (χ1v) is 10.3. The van der Waals surface area contributed by atoms with Crippen LogP contribution in [0, 0.1) is 5.92 Å². The van der Waals surface area contributed by atoms with E-state index >= 15 is 0 Å². The normalized spacial score (nSPS) is 21.7. The van der Waals surface area contributed by atoms with Crippen molar-refractivity contribution in [1.29, 1.82) is 0 Å². The van der Waals surface area contributed by atoms with Gasteiger partial charge in [0.15, 0.2) is 0 Å². The number of piperidine rings is 2. The Balaban J connectivity index is 1.45. The van der Waals surface area contributed by atoms with Crippen LogP contribution in [0.4, 0.5) is 0 Å². The first kappa shape index (κ1) is 18.9. The van der Waals surface area contributed by atoms with Crippen LogP contribution < -0.4 is 0 Å². The third-order valence-electron chi connectivity index (χ3n) is 6.06. The highest BCUT2D eigenvalue weighted by Crippen LogP contribution is 2.23. The first-order chi connectivity index (χ1) is 12.7. The second-order valence-electron chi connectivity index (χ2n) is 7.84. The molecule has 0 aromatic heterocycles. The number of nitrogens with zero attached hydrogens (tertiary/aromatic N) is 2. The highest BCUT2D eigenvalue weighted by Gasteiger charge is 2.29. The zero-order chi connectivity index (χ0) is 18.4. The van der Waals surface area contributed by atoms with Crippen molar-refractivity contribution in [3.8, 4) is 0 Å². The summed E-state index contributed by atoms with van der Waals surface area (Å²) in [5.41, 5.74) is 1.38. The molecular weight excluding hydrogens is 324 g/mol. The van der Waals surface area contributed by atoms with E-state index in [1.807, 2.05) is 15.9 Å². The van der Waals surface area contributed by atoms with Gasteiger partial charge in [0, 0.05) is 25.7 Å². The standard InChI is InChI=1S/C22H32N2O2/c1-2-20-10-6-7-13-24(20)22(26)17-21(25)23-14-11-19(12-15-23)16-18-8-4-3-5-9-18/h3-5,8-9,19-20H,2,6-7,10-17H2,1H3. The number of hydrogen-bond acceptors (Lipinski definition) is 2. The predicted octanol–water partition coefficient (Wildman–Crippen LogP) is 3.65. The van der Waals surface area contributed by atoms with Crippen molar-refractivity contribution in [3.05, 3.63) is 35.9 Å². The van der Waals surface area contributed by atoms with Crippen molar-refractivity contribution in [3.63, 3.8) is 0 Å². The summed E-state index contributed by atoms with van der Waals surface area (Å²) < 4.78 is 0. The van der Waals surface area contributed by atoms with Crippen molar-refractivity contribution in [2.45, 2.75) is 64.3 Å². The van der Waals surface area contributed by atoms with Crippen LogP contribution in [0.15, 0.2) is 30.3 Å². The summed E-state index contributed by atoms with van der Waals surface area (Å²) in [4.78, 5) is 29.1. The Labute approximate surface area is 157 Å². The molecule has 2 amide bonds. The van der Waals surface area contributed by atoms with Gasteiger partial charge >= 0.3 is 0 Å². The highest BCUT2D eigenvalue weighted by atomic mass is 16.2. The van der Waals surface area contributed by atoms with Crippen LogP contribution in [0.25, 0.3) is 0 Å². The average Bonchev–Trinajstić information content (AvgIpc) is 2.69. The summed E-state index contributed by atoms with van der Waals surface area (Å²) in [6, 6.07) is 10.9. The Kier molecular flexibility index (Phi) is 6.70. The monoisotopic (exact) mass is 356 g/mol. The van der Waals surface area contributed by atoms with Gasteiger partial charge in [-0.25, -0.2) is 0 Å². The van der Waals surface area contributed by atoms with Crippen LogP contribution >= 0.6 is 0 Å². The Hall–Kier alpha value is -1.84. The van der Waals surface area contributed by atoms with E-state index < -0.39 is 0 Å². The van der Waals surface area contributed by atoms with Crippen LogP contribution in [0.1, 0.15) is 57.4 Å². The average molecular weight is 357 g/mol. The van der Waals surface area contributed by atoms with Crippen LogP contribution in [-0.4, -0.2) is 47.3 Å². The second-order valence-corrected chi connectivity index (χ2v) is 7.84. The Morgan fingerprint density at radius 1 is 0.962 bits per heavy atom. The zero-order valence-corrected chi connectivity index (χ0v) is 16.0. The smallest absolute Gasteiger partial charge is 0.232 e. The summed E-state index contributed by atoms with van der Waals surface area (Å²) in [5, 5.41) is 0. The first-order valence-electron chi connectivity index (χ1n) is 10.3. The van der Waals surface area contributed by atoms with Gasteiger partial charge in [-0.2, -0.15) is 0 Å². The van der Waals surface area contributed by atoms with Gasteiger partial charge in [0.1, 0.15) is 6.42 Å². The van der Waals surface area contributed by atoms with Crippen molar-refractivity contribution >= 4 is 11.8 Å². The predicted molar refractivity (Wildman–Crippen MR) is 104 cm³/mol. The fraction of sp³-hybridized carbons (Fsp3) is 0.636. The van der Waals surface area contributed by atoms with E-state index in [4.69, 9.17) is 0 Å². The van der Waals surface area contributed by atoms with Gasteiger partial charge in [0.05, 0.1) is 0 Å². The number of carbonyl (C=O) groups is 2. The van der Waals surface area contributed by atoms with E-state index in [1.54, 1.807) is 0 Å². The summed E-state index contributed by atoms with van der Waals surface area (Å²) >= 11 is 0. The van der Waals surface area contributed by atoms with Gasteiger partial charge in [-0.15, -0.1) is 0 Å². The van der Waals surface area contributed by atoms with Gasteiger partial charge in [0.25, 0.3) is 0 Å². The minimum Gasteiger partial charge on any atom is -0.342 e. The van der Waals surface area contributed by atoms with E-state index in [2.05, 4.69) is 31.2 Å². The third-order valence-corrected chi connectivity index (χ3v) is 6.06. The Bertz CT molecular complexity index is 593. The maximum absolute atomic E-state index is 12.6. The van der Waals surface area contributed by atoms with Gasteiger partial charge < -0.3 is 9.80 Å². The van der Waals surface area contributed by atoms with Gasteiger partial charge in [-0.1, -0.05) is 37.3 Å². The molecule has 2 fully saturated rings. The van der Waals surface area contributed by atoms with Crippen molar-refractivity contribution in [2.24, 2.45) is 5.92 Å². The van der Waals surface area contributed by atoms with Gasteiger partial charge in [-0.3, -0.25) is 9.59 Å². The molecule has 0 aliphatic carbocycles. The van der Waals surface area contributed by atoms with Crippen LogP contribution in [0.5, 0.6) is 0 Å². The lowest BCUT2D eigenvalue weighted by Crippen LogP contribution is -2.46. The Morgan fingerprint density at radius 2 is 1.69 bits per heavy atom. The summed E-state index contributed by atoms with van der Waals surface area (Å²) in [6.07, 6.45) is 7.57. The van der Waals surface area contributed by atoms with Gasteiger partial charge in [0.2, 0.25) is 11.8 Å².